The van der Waals surface area contributed by atoms with Crippen LogP contribution in [0.1, 0.15) is 26.3 Å². The van der Waals surface area contributed by atoms with Crippen LogP contribution in [0.4, 0.5) is 0 Å². The van der Waals surface area contributed by atoms with E-state index in [2.05, 4.69) is 10.2 Å². The first kappa shape index (κ1) is 22.5. The van der Waals surface area contributed by atoms with Gasteiger partial charge in [-0.25, -0.2) is 4.68 Å². The Kier molecular flexibility index (Phi) is 6.95. The molecule has 0 spiro atoms. The topological polar surface area (TPSA) is 77.0 Å². The van der Waals surface area contributed by atoms with E-state index in [1.165, 1.54) is 16.4 Å². The Labute approximate surface area is 190 Å². The lowest BCUT2D eigenvalue weighted by molar-refractivity contribution is -0.133. The standard InChI is InChI=1S/C21H23Cl2N5OS/c1-21(2,3)27(12-14-7-5-4-6-8-14)18(29)13-30-20-26-25-19(28(20)24)16-10-9-15(22)11-17(16)23/h4-11H,12-13,24H2,1-3H3. The number of hydrogen-bond donors (Lipinski definition) is 1. The van der Waals surface area contributed by atoms with Crippen molar-refractivity contribution in [1.29, 1.82) is 0 Å². The number of nitrogens with zero attached hydrogens (tertiary/aromatic N) is 4. The van der Waals surface area contributed by atoms with Gasteiger partial charge in [-0.05, 0) is 44.5 Å². The second-order valence-corrected chi connectivity index (χ2v) is 9.51. The van der Waals surface area contributed by atoms with E-state index < -0.39 is 0 Å². The van der Waals surface area contributed by atoms with Crippen LogP contribution in [-0.2, 0) is 11.3 Å². The molecule has 158 valence electrons. The van der Waals surface area contributed by atoms with Gasteiger partial charge < -0.3 is 10.7 Å². The molecule has 0 atom stereocenters. The Balaban J connectivity index is 1.74. The van der Waals surface area contributed by atoms with Crippen molar-refractivity contribution in [1.82, 2.24) is 19.8 Å². The SMILES string of the molecule is CC(C)(C)N(Cc1ccccc1)C(=O)CSc1nnc(-c2ccc(Cl)cc2Cl)n1N. The lowest BCUT2D eigenvalue weighted by Crippen LogP contribution is -2.46. The number of aromatic nitrogens is 3. The lowest BCUT2D eigenvalue weighted by Gasteiger charge is -2.36. The molecule has 0 unspecified atom stereocenters. The Hall–Kier alpha value is -2.22. The molecule has 1 heterocycles. The number of carbonyl (C=O) groups is 1. The summed E-state index contributed by atoms with van der Waals surface area (Å²) in [5.74, 6) is 6.75. The minimum atomic E-state index is -0.328. The zero-order chi connectivity index (χ0) is 21.9. The van der Waals surface area contributed by atoms with Gasteiger partial charge in [-0.15, -0.1) is 10.2 Å². The fraction of sp³-hybridized carbons (Fsp3) is 0.286. The van der Waals surface area contributed by atoms with Gasteiger partial charge in [-0.2, -0.15) is 0 Å². The van der Waals surface area contributed by atoms with Gasteiger partial charge in [0.15, 0.2) is 5.82 Å². The number of nitrogen functional groups attached to an aromatic ring is 1. The number of benzene rings is 2. The normalized spacial score (nSPS) is 11.5. The van der Waals surface area contributed by atoms with Crippen molar-refractivity contribution in [3.05, 3.63) is 64.1 Å². The summed E-state index contributed by atoms with van der Waals surface area (Å²) in [6, 6.07) is 15.0. The quantitative estimate of drug-likeness (QED) is 0.416. The van der Waals surface area contributed by atoms with E-state index in [0.717, 1.165) is 5.56 Å². The highest BCUT2D eigenvalue weighted by atomic mass is 35.5. The molecule has 9 heteroatoms. The molecule has 6 nitrogen and oxygen atoms in total. The fourth-order valence-corrected chi connectivity index (χ4v) is 4.13. The van der Waals surface area contributed by atoms with Gasteiger partial charge in [-0.1, -0.05) is 65.3 Å². The third-order valence-corrected chi connectivity index (χ3v) is 5.93. The molecule has 0 aliphatic heterocycles. The van der Waals surface area contributed by atoms with E-state index >= 15 is 0 Å². The molecule has 0 saturated heterocycles. The summed E-state index contributed by atoms with van der Waals surface area (Å²) >= 11 is 13.4. The number of carbonyl (C=O) groups excluding carboxylic acids is 1. The van der Waals surface area contributed by atoms with Gasteiger partial charge in [0.1, 0.15) is 0 Å². The molecule has 3 rings (SSSR count). The van der Waals surface area contributed by atoms with E-state index in [4.69, 9.17) is 29.0 Å². The van der Waals surface area contributed by atoms with E-state index in [0.29, 0.717) is 33.1 Å². The van der Waals surface area contributed by atoms with Crippen LogP contribution in [0.15, 0.2) is 53.7 Å². The molecule has 30 heavy (non-hydrogen) atoms. The van der Waals surface area contributed by atoms with Crippen LogP contribution in [0.2, 0.25) is 10.0 Å². The highest BCUT2D eigenvalue weighted by Crippen LogP contribution is 2.30. The molecule has 0 radical (unpaired) electrons. The molecular formula is C21H23Cl2N5OS. The molecule has 1 aromatic heterocycles. The van der Waals surface area contributed by atoms with Crippen molar-refractivity contribution >= 4 is 40.9 Å². The molecule has 1 amide bonds. The highest BCUT2D eigenvalue weighted by molar-refractivity contribution is 7.99. The number of nitrogens with two attached hydrogens (primary N) is 1. The minimum Gasteiger partial charge on any atom is -0.335 e. The van der Waals surface area contributed by atoms with E-state index in [1.54, 1.807) is 18.2 Å². The zero-order valence-corrected chi connectivity index (χ0v) is 19.3. The summed E-state index contributed by atoms with van der Waals surface area (Å²) in [7, 11) is 0. The summed E-state index contributed by atoms with van der Waals surface area (Å²) < 4.78 is 1.34. The highest BCUT2D eigenvalue weighted by Gasteiger charge is 2.27. The van der Waals surface area contributed by atoms with Gasteiger partial charge in [0.25, 0.3) is 0 Å². The summed E-state index contributed by atoms with van der Waals surface area (Å²) in [5, 5.41) is 9.63. The first-order valence-corrected chi connectivity index (χ1v) is 11.0. The number of thioether (sulfide) groups is 1. The van der Waals surface area contributed by atoms with E-state index in [-0.39, 0.29) is 17.2 Å². The average Bonchev–Trinajstić information content (AvgIpc) is 3.04. The first-order valence-electron chi connectivity index (χ1n) is 9.30. The van der Waals surface area contributed by atoms with Crippen LogP contribution >= 0.6 is 35.0 Å². The van der Waals surface area contributed by atoms with E-state index in [1.807, 2.05) is 56.0 Å². The van der Waals surface area contributed by atoms with Crippen LogP contribution in [0.5, 0.6) is 0 Å². The van der Waals surface area contributed by atoms with Gasteiger partial charge in [0.2, 0.25) is 11.1 Å². The molecule has 0 aliphatic carbocycles. The zero-order valence-electron chi connectivity index (χ0n) is 17.0. The predicted molar refractivity (Wildman–Crippen MR) is 123 cm³/mol. The van der Waals surface area contributed by atoms with Crippen molar-refractivity contribution in [2.45, 2.75) is 38.0 Å². The maximum absolute atomic E-state index is 13.0. The van der Waals surface area contributed by atoms with Crippen LogP contribution in [0.3, 0.4) is 0 Å². The molecule has 0 fully saturated rings. The number of amides is 1. The van der Waals surface area contributed by atoms with Crippen molar-refractivity contribution in [2.24, 2.45) is 0 Å². The second-order valence-electron chi connectivity index (χ2n) is 7.73. The van der Waals surface area contributed by atoms with Crippen LogP contribution in [0, 0.1) is 0 Å². The number of hydrogen-bond acceptors (Lipinski definition) is 5. The molecule has 0 aliphatic rings. The minimum absolute atomic E-state index is 0.00886. The average molecular weight is 464 g/mol. The smallest absolute Gasteiger partial charge is 0.233 e. The van der Waals surface area contributed by atoms with Crippen molar-refractivity contribution in [3.8, 4) is 11.4 Å². The fourth-order valence-electron chi connectivity index (χ4n) is 2.90. The molecule has 0 bridgehead atoms. The Morgan fingerprint density at radius 1 is 1.13 bits per heavy atom. The summed E-state index contributed by atoms with van der Waals surface area (Å²) in [6.07, 6.45) is 0. The Morgan fingerprint density at radius 2 is 1.83 bits per heavy atom. The molecule has 2 N–H and O–H groups in total. The third kappa shape index (κ3) is 5.28. The van der Waals surface area contributed by atoms with Crippen molar-refractivity contribution in [3.63, 3.8) is 0 Å². The van der Waals surface area contributed by atoms with Gasteiger partial charge in [-0.3, -0.25) is 4.79 Å². The molecule has 3 aromatic rings. The van der Waals surface area contributed by atoms with Crippen LogP contribution < -0.4 is 5.84 Å². The molecule has 0 saturated carbocycles. The van der Waals surface area contributed by atoms with Gasteiger partial charge in [0.05, 0.1) is 10.8 Å². The Morgan fingerprint density at radius 3 is 2.47 bits per heavy atom. The Bertz CT molecular complexity index is 1030. The van der Waals surface area contributed by atoms with Crippen LogP contribution in [-0.4, -0.2) is 37.0 Å². The maximum Gasteiger partial charge on any atom is 0.233 e. The first-order chi connectivity index (χ1) is 14.2. The van der Waals surface area contributed by atoms with Crippen LogP contribution in [0.25, 0.3) is 11.4 Å². The predicted octanol–water partition coefficient (Wildman–Crippen LogP) is 4.89. The van der Waals surface area contributed by atoms with Gasteiger partial charge in [0, 0.05) is 22.7 Å². The largest absolute Gasteiger partial charge is 0.335 e. The second kappa shape index (κ2) is 9.29. The summed E-state index contributed by atoms with van der Waals surface area (Å²) in [4.78, 5) is 14.9. The third-order valence-electron chi connectivity index (χ3n) is 4.46. The van der Waals surface area contributed by atoms with Crippen molar-refractivity contribution < 1.29 is 4.79 Å². The van der Waals surface area contributed by atoms with E-state index in [9.17, 15) is 4.79 Å². The van der Waals surface area contributed by atoms with Crippen molar-refractivity contribution in [2.75, 3.05) is 11.6 Å². The number of rotatable bonds is 6. The van der Waals surface area contributed by atoms with Gasteiger partial charge >= 0.3 is 0 Å². The molecular weight excluding hydrogens is 441 g/mol. The summed E-state index contributed by atoms with van der Waals surface area (Å²) in [6.45, 7) is 6.59. The monoisotopic (exact) mass is 463 g/mol. The molecule has 2 aromatic carbocycles. The summed E-state index contributed by atoms with van der Waals surface area (Å²) in [5.41, 5.74) is 1.37. The maximum atomic E-state index is 13.0. The lowest BCUT2D eigenvalue weighted by atomic mass is 10.0. The number of halogens is 2.